The van der Waals surface area contributed by atoms with E-state index in [1.165, 1.54) is 11.1 Å². The molecule has 1 aromatic heterocycles. The average molecular weight is 339 g/mol. The molecule has 0 aliphatic rings. The summed E-state index contributed by atoms with van der Waals surface area (Å²) in [5.41, 5.74) is 10.3. The third kappa shape index (κ3) is 2.41. The van der Waals surface area contributed by atoms with Crippen molar-refractivity contribution >= 4 is 28.4 Å². The zero-order chi connectivity index (χ0) is 12.6. The van der Waals surface area contributed by atoms with Crippen LogP contribution in [0.15, 0.2) is 18.2 Å². The Bertz CT molecular complexity index is 556. The smallest absolute Gasteiger partial charge is 0.162 e. The van der Waals surface area contributed by atoms with Crippen molar-refractivity contribution in [3.8, 4) is 11.4 Å². The van der Waals surface area contributed by atoms with Crippen LogP contribution in [0.3, 0.4) is 0 Å². The van der Waals surface area contributed by atoms with Gasteiger partial charge in [0.2, 0.25) is 0 Å². The number of aryl methyl sites for hydroxylation is 3. The van der Waals surface area contributed by atoms with Crippen LogP contribution in [-0.2, 0) is 0 Å². The van der Waals surface area contributed by atoms with Crippen LogP contribution >= 0.6 is 22.6 Å². The van der Waals surface area contributed by atoms with Crippen LogP contribution in [0.25, 0.3) is 11.4 Å². The lowest BCUT2D eigenvalue weighted by Gasteiger charge is -2.08. The maximum absolute atomic E-state index is 5.88. The molecule has 0 fully saturated rings. The summed E-state index contributed by atoms with van der Waals surface area (Å²) >= 11 is 2.17. The van der Waals surface area contributed by atoms with Gasteiger partial charge in [-0.2, -0.15) is 0 Å². The minimum Gasteiger partial charge on any atom is -0.383 e. The topological polar surface area (TPSA) is 51.8 Å². The molecule has 2 aromatic rings. The summed E-state index contributed by atoms with van der Waals surface area (Å²) in [7, 11) is 0. The van der Waals surface area contributed by atoms with Crippen LogP contribution in [-0.4, -0.2) is 9.97 Å². The fraction of sp³-hybridized carbons (Fsp3) is 0.231. The summed E-state index contributed by atoms with van der Waals surface area (Å²) in [6.45, 7) is 6.09. The van der Waals surface area contributed by atoms with E-state index in [0.29, 0.717) is 11.6 Å². The van der Waals surface area contributed by atoms with Crippen molar-refractivity contribution in [3.63, 3.8) is 0 Å². The fourth-order valence-corrected chi connectivity index (χ4v) is 2.01. The highest BCUT2D eigenvalue weighted by Gasteiger charge is 2.10. The lowest BCUT2D eigenvalue weighted by Crippen LogP contribution is -2.02. The Kier molecular flexibility index (Phi) is 3.33. The molecule has 0 spiro atoms. The van der Waals surface area contributed by atoms with Gasteiger partial charge in [0.25, 0.3) is 0 Å². The van der Waals surface area contributed by atoms with E-state index in [1.807, 2.05) is 13.0 Å². The van der Waals surface area contributed by atoms with Gasteiger partial charge in [0.15, 0.2) is 5.82 Å². The number of halogens is 1. The van der Waals surface area contributed by atoms with Gasteiger partial charge in [-0.3, -0.25) is 0 Å². The van der Waals surface area contributed by atoms with E-state index in [4.69, 9.17) is 5.73 Å². The first-order chi connectivity index (χ1) is 7.99. The normalized spacial score (nSPS) is 10.6. The molecule has 2 rings (SSSR count). The van der Waals surface area contributed by atoms with E-state index in [-0.39, 0.29) is 0 Å². The second-order valence-electron chi connectivity index (χ2n) is 4.15. The van der Waals surface area contributed by atoms with Crippen molar-refractivity contribution in [3.05, 3.63) is 38.6 Å². The number of hydrogen-bond donors (Lipinski definition) is 1. The molecule has 0 aliphatic carbocycles. The zero-order valence-corrected chi connectivity index (χ0v) is 12.2. The average Bonchev–Trinajstić information content (AvgIpc) is 2.25. The molecular formula is C13H14IN3. The fourth-order valence-electron chi connectivity index (χ4n) is 1.77. The number of aromatic nitrogens is 2. The number of benzene rings is 1. The van der Waals surface area contributed by atoms with Gasteiger partial charge in [0.05, 0.1) is 9.26 Å². The summed E-state index contributed by atoms with van der Waals surface area (Å²) in [6, 6.07) is 6.24. The Hall–Kier alpha value is -1.17. The predicted octanol–water partition coefficient (Wildman–Crippen LogP) is 3.26. The van der Waals surface area contributed by atoms with E-state index in [9.17, 15) is 0 Å². The summed E-state index contributed by atoms with van der Waals surface area (Å²) < 4.78 is 0.927. The van der Waals surface area contributed by atoms with Gasteiger partial charge in [0.1, 0.15) is 5.82 Å². The second-order valence-corrected chi connectivity index (χ2v) is 5.23. The molecule has 0 unspecified atom stereocenters. The van der Waals surface area contributed by atoms with E-state index >= 15 is 0 Å². The molecular weight excluding hydrogens is 325 g/mol. The van der Waals surface area contributed by atoms with Crippen molar-refractivity contribution in [2.45, 2.75) is 20.8 Å². The molecule has 1 aromatic carbocycles. The monoisotopic (exact) mass is 339 g/mol. The van der Waals surface area contributed by atoms with Crippen molar-refractivity contribution < 1.29 is 0 Å². The molecule has 88 valence electrons. The summed E-state index contributed by atoms with van der Waals surface area (Å²) in [5.74, 6) is 1.26. The first kappa shape index (κ1) is 12.3. The standard InChI is InChI=1S/C13H14IN3/c1-7-4-5-10(8(2)6-7)13-16-9(3)11(14)12(15)17-13/h4-6H,1-3H3,(H2,15,16,17). The van der Waals surface area contributed by atoms with Crippen LogP contribution in [0.1, 0.15) is 16.8 Å². The lowest BCUT2D eigenvalue weighted by atomic mass is 10.1. The second kappa shape index (κ2) is 4.60. The quantitative estimate of drug-likeness (QED) is 0.812. The summed E-state index contributed by atoms with van der Waals surface area (Å²) in [5, 5.41) is 0. The minimum absolute atomic E-state index is 0.549. The number of nitrogens with two attached hydrogens (primary N) is 1. The van der Waals surface area contributed by atoms with Crippen molar-refractivity contribution in [2.75, 3.05) is 5.73 Å². The molecule has 4 heteroatoms. The lowest BCUT2D eigenvalue weighted by molar-refractivity contribution is 1.09. The molecule has 17 heavy (non-hydrogen) atoms. The van der Waals surface area contributed by atoms with Crippen molar-refractivity contribution in [2.24, 2.45) is 0 Å². The Balaban J connectivity index is 2.61. The highest BCUT2D eigenvalue weighted by atomic mass is 127. The van der Waals surface area contributed by atoms with Crippen LogP contribution in [0.5, 0.6) is 0 Å². The van der Waals surface area contributed by atoms with Gasteiger partial charge in [-0.05, 0) is 48.9 Å². The molecule has 3 nitrogen and oxygen atoms in total. The summed E-state index contributed by atoms with van der Waals surface area (Å²) in [6.07, 6.45) is 0. The van der Waals surface area contributed by atoms with Gasteiger partial charge in [-0.25, -0.2) is 9.97 Å². The first-order valence-electron chi connectivity index (χ1n) is 5.36. The molecule has 2 N–H and O–H groups in total. The van der Waals surface area contributed by atoms with Gasteiger partial charge in [-0.1, -0.05) is 23.8 Å². The predicted molar refractivity (Wildman–Crippen MR) is 78.8 cm³/mol. The Morgan fingerprint density at radius 2 is 1.82 bits per heavy atom. The molecule has 0 aliphatic heterocycles. The van der Waals surface area contributed by atoms with Gasteiger partial charge in [0, 0.05) is 5.56 Å². The maximum atomic E-state index is 5.88. The van der Waals surface area contributed by atoms with E-state index < -0.39 is 0 Å². The third-order valence-electron chi connectivity index (χ3n) is 2.67. The largest absolute Gasteiger partial charge is 0.383 e. The number of anilines is 1. The van der Waals surface area contributed by atoms with E-state index in [0.717, 1.165) is 14.8 Å². The number of hydrogen-bond acceptors (Lipinski definition) is 3. The Morgan fingerprint density at radius 3 is 2.41 bits per heavy atom. The minimum atomic E-state index is 0.549. The third-order valence-corrected chi connectivity index (χ3v) is 4.00. The number of rotatable bonds is 1. The highest BCUT2D eigenvalue weighted by molar-refractivity contribution is 14.1. The molecule has 1 heterocycles. The van der Waals surface area contributed by atoms with E-state index in [1.54, 1.807) is 0 Å². The highest BCUT2D eigenvalue weighted by Crippen LogP contribution is 2.24. The van der Waals surface area contributed by atoms with Gasteiger partial charge >= 0.3 is 0 Å². The summed E-state index contributed by atoms with van der Waals surface area (Å²) in [4.78, 5) is 8.85. The molecule has 0 atom stereocenters. The van der Waals surface area contributed by atoms with Crippen molar-refractivity contribution in [1.29, 1.82) is 0 Å². The van der Waals surface area contributed by atoms with Crippen LogP contribution < -0.4 is 5.73 Å². The number of nitrogen functional groups attached to an aromatic ring is 1. The van der Waals surface area contributed by atoms with Gasteiger partial charge < -0.3 is 5.73 Å². The first-order valence-corrected chi connectivity index (χ1v) is 6.44. The van der Waals surface area contributed by atoms with E-state index in [2.05, 4.69) is 58.5 Å². The van der Waals surface area contributed by atoms with Crippen LogP contribution in [0.4, 0.5) is 5.82 Å². The Labute approximate surface area is 115 Å². The molecule has 0 radical (unpaired) electrons. The van der Waals surface area contributed by atoms with Crippen molar-refractivity contribution in [1.82, 2.24) is 9.97 Å². The molecule has 0 saturated carbocycles. The Morgan fingerprint density at radius 1 is 1.12 bits per heavy atom. The SMILES string of the molecule is Cc1ccc(-c2nc(C)c(I)c(N)n2)c(C)c1. The van der Waals surface area contributed by atoms with Crippen LogP contribution in [0, 0.1) is 24.3 Å². The molecule has 0 saturated heterocycles. The van der Waals surface area contributed by atoms with Gasteiger partial charge in [-0.15, -0.1) is 0 Å². The zero-order valence-electron chi connectivity index (χ0n) is 10.1. The molecule has 0 amide bonds. The van der Waals surface area contributed by atoms with Crippen LogP contribution in [0.2, 0.25) is 0 Å². The number of nitrogens with zero attached hydrogens (tertiary/aromatic N) is 2. The maximum Gasteiger partial charge on any atom is 0.162 e. The molecule has 0 bridgehead atoms.